The van der Waals surface area contributed by atoms with E-state index in [1.807, 2.05) is 36.4 Å². The molecule has 1 aromatic heterocycles. The van der Waals surface area contributed by atoms with Crippen LogP contribution in [0.3, 0.4) is 0 Å². The molecule has 2 aromatic carbocycles. The van der Waals surface area contributed by atoms with E-state index in [1.165, 1.54) is 0 Å². The summed E-state index contributed by atoms with van der Waals surface area (Å²) in [5.74, 6) is 0.687. The van der Waals surface area contributed by atoms with Crippen LogP contribution in [0.5, 0.6) is 0 Å². The summed E-state index contributed by atoms with van der Waals surface area (Å²) in [6, 6.07) is 20.3. The van der Waals surface area contributed by atoms with Crippen molar-refractivity contribution >= 4 is 33.8 Å². The summed E-state index contributed by atoms with van der Waals surface area (Å²) < 4.78 is 6.94. The number of hydrogen-bond acceptors (Lipinski definition) is 3. The molecule has 1 aliphatic heterocycles. The lowest BCUT2D eigenvalue weighted by Gasteiger charge is -2.27. The fourth-order valence-electron chi connectivity index (χ4n) is 3.54. The molecule has 1 saturated heterocycles. The van der Waals surface area contributed by atoms with Crippen molar-refractivity contribution in [1.29, 1.82) is 0 Å². The number of piperidine rings is 1. The van der Waals surface area contributed by atoms with E-state index in [-0.39, 0.29) is 17.5 Å². The Morgan fingerprint density at radius 1 is 0.903 bits per heavy atom. The van der Waals surface area contributed by atoms with Crippen molar-refractivity contribution in [2.75, 3.05) is 13.1 Å². The van der Waals surface area contributed by atoms with Crippen LogP contribution in [0, 0.1) is 0 Å². The molecular weight excluding hydrogens is 456 g/mol. The molecule has 1 N–H and O–H groups in total. The molecule has 4 rings (SSSR count). The highest BCUT2D eigenvalue weighted by Gasteiger charge is 2.23. The summed E-state index contributed by atoms with van der Waals surface area (Å²) in [7, 11) is 0. The Morgan fingerprint density at radius 2 is 1.61 bits per heavy atom. The lowest BCUT2D eigenvalue weighted by Crippen LogP contribution is -2.41. The highest BCUT2D eigenvalue weighted by Crippen LogP contribution is 2.25. The maximum atomic E-state index is 13.2. The number of halogens is 1. The minimum atomic E-state index is -0.322. The van der Waals surface area contributed by atoms with Gasteiger partial charge in [-0.2, -0.15) is 0 Å². The van der Waals surface area contributed by atoms with Gasteiger partial charge in [-0.1, -0.05) is 46.3 Å². The SMILES string of the molecule is O=C(NC(=Cc1ccc(-c2ccc(Br)cc2)o1)C(=O)N1CCCCC1)c1ccccc1. The topological polar surface area (TPSA) is 62.6 Å². The number of carbonyl (C=O) groups is 2. The molecule has 31 heavy (non-hydrogen) atoms. The van der Waals surface area contributed by atoms with Crippen LogP contribution >= 0.6 is 15.9 Å². The smallest absolute Gasteiger partial charge is 0.270 e. The Labute approximate surface area is 189 Å². The molecular formula is C25H23BrN2O3. The average molecular weight is 479 g/mol. The average Bonchev–Trinajstić information content (AvgIpc) is 3.28. The van der Waals surface area contributed by atoms with Crippen LogP contribution in [0.4, 0.5) is 0 Å². The van der Waals surface area contributed by atoms with Gasteiger partial charge in [-0.25, -0.2) is 0 Å². The second-order valence-corrected chi connectivity index (χ2v) is 8.36. The fourth-order valence-corrected chi connectivity index (χ4v) is 3.81. The lowest BCUT2D eigenvalue weighted by molar-refractivity contribution is -0.128. The standard InChI is InChI=1S/C25H23BrN2O3/c26-20-11-9-18(10-12-20)23-14-13-21(31-23)17-22(25(30)28-15-5-2-6-16-28)27-24(29)19-7-3-1-4-8-19/h1,3-4,7-14,17H,2,5-6,15-16H2,(H,27,29). The van der Waals surface area contributed by atoms with E-state index in [2.05, 4.69) is 21.2 Å². The lowest BCUT2D eigenvalue weighted by atomic mass is 10.1. The van der Waals surface area contributed by atoms with Crippen molar-refractivity contribution in [2.45, 2.75) is 19.3 Å². The maximum Gasteiger partial charge on any atom is 0.270 e. The number of rotatable bonds is 5. The van der Waals surface area contributed by atoms with Crippen LogP contribution in [0.15, 0.2) is 81.3 Å². The highest BCUT2D eigenvalue weighted by atomic mass is 79.9. The Balaban J connectivity index is 1.61. The minimum Gasteiger partial charge on any atom is -0.457 e. The van der Waals surface area contributed by atoms with Gasteiger partial charge < -0.3 is 14.6 Å². The largest absolute Gasteiger partial charge is 0.457 e. The predicted molar refractivity (Wildman–Crippen MR) is 124 cm³/mol. The molecule has 1 fully saturated rings. The van der Waals surface area contributed by atoms with Gasteiger partial charge in [0, 0.05) is 34.8 Å². The molecule has 0 radical (unpaired) electrons. The van der Waals surface area contributed by atoms with Gasteiger partial charge in [0.2, 0.25) is 0 Å². The van der Waals surface area contributed by atoms with Crippen molar-refractivity contribution in [2.24, 2.45) is 0 Å². The minimum absolute atomic E-state index is 0.189. The first-order chi connectivity index (χ1) is 15.1. The summed E-state index contributed by atoms with van der Waals surface area (Å²) in [5.41, 5.74) is 1.64. The van der Waals surface area contributed by atoms with E-state index in [4.69, 9.17) is 4.42 Å². The summed E-state index contributed by atoms with van der Waals surface area (Å²) in [6.07, 6.45) is 4.67. The maximum absolute atomic E-state index is 13.2. The molecule has 6 heteroatoms. The van der Waals surface area contributed by atoms with Crippen molar-refractivity contribution in [3.63, 3.8) is 0 Å². The quantitative estimate of drug-likeness (QED) is 0.492. The van der Waals surface area contributed by atoms with Crippen LogP contribution in [-0.4, -0.2) is 29.8 Å². The van der Waals surface area contributed by atoms with Gasteiger partial charge >= 0.3 is 0 Å². The zero-order valence-electron chi connectivity index (χ0n) is 17.0. The number of nitrogens with one attached hydrogen (secondary N) is 1. The first kappa shape index (κ1) is 21.1. The Bertz CT molecular complexity index is 1080. The van der Waals surface area contributed by atoms with Crippen molar-refractivity contribution < 1.29 is 14.0 Å². The van der Waals surface area contributed by atoms with Gasteiger partial charge in [0.05, 0.1) is 0 Å². The fraction of sp³-hybridized carbons (Fsp3) is 0.200. The molecule has 0 aliphatic carbocycles. The normalized spacial score (nSPS) is 14.4. The first-order valence-electron chi connectivity index (χ1n) is 10.3. The van der Waals surface area contributed by atoms with E-state index in [9.17, 15) is 9.59 Å². The molecule has 0 atom stereocenters. The van der Waals surface area contributed by atoms with Gasteiger partial charge in [0.25, 0.3) is 11.8 Å². The predicted octanol–water partition coefficient (Wildman–Crippen LogP) is 5.49. The molecule has 0 bridgehead atoms. The number of furan rings is 1. The Morgan fingerprint density at radius 3 is 2.32 bits per heavy atom. The van der Waals surface area contributed by atoms with Gasteiger partial charge in [-0.05, 0) is 55.7 Å². The summed E-state index contributed by atoms with van der Waals surface area (Å²) in [4.78, 5) is 27.7. The van der Waals surface area contributed by atoms with E-state index < -0.39 is 0 Å². The third kappa shape index (κ3) is 5.33. The van der Waals surface area contributed by atoms with Crippen LogP contribution < -0.4 is 5.32 Å². The van der Waals surface area contributed by atoms with Crippen LogP contribution in [0.25, 0.3) is 17.4 Å². The third-order valence-corrected chi connectivity index (χ3v) is 5.73. The van der Waals surface area contributed by atoms with Gasteiger partial charge in [-0.15, -0.1) is 0 Å². The summed E-state index contributed by atoms with van der Waals surface area (Å²) in [6.45, 7) is 1.39. The van der Waals surface area contributed by atoms with Crippen LogP contribution in [-0.2, 0) is 4.79 Å². The van der Waals surface area contributed by atoms with Crippen molar-refractivity contribution in [3.8, 4) is 11.3 Å². The second-order valence-electron chi connectivity index (χ2n) is 7.44. The van der Waals surface area contributed by atoms with E-state index >= 15 is 0 Å². The molecule has 0 saturated carbocycles. The van der Waals surface area contributed by atoms with Crippen LogP contribution in [0.2, 0.25) is 0 Å². The van der Waals surface area contributed by atoms with E-state index in [0.29, 0.717) is 30.2 Å². The Hall–Kier alpha value is -3.12. The molecule has 1 aliphatic rings. The molecule has 2 amide bonds. The van der Waals surface area contributed by atoms with Gasteiger partial charge in [0.1, 0.15) is 17.2 Å². The van der Waals surface area contributed by atoms with Crippen LogP contribution in [0.1, 0.15) is 35.4 Å². The second kappa shape index (κ2) is 9.79. The number of nitrogens with zero attached hydrogens (tertiary/aromatic N) is 1. The number of amides is 2. The van der Waals surface area contributed by atoms with E-state index in [0.717, 1.165) is 29.3 Å². The Kier molecular flexibility index (Phi) is 6.67. The van der Waals surface area contributed by atoms with Gasteiger partial charge in [0.15, 0.2) is 0 Å². The first-order valence-corrected chi connectivity index (χ1v) is 11.1. The van der Waals surface area contributed by atoms with Crippen molar-refractivity contribution in [1.82, 2.24) is 10.2 Å². The summed E-state index contributed by atoms with van der Waals surface area (Å²) in [5, 5.41) is 2.80. The van der Waals surface area contributed by atoms with Gasteiger partial charge in [-0.3, -0.25) is 9.59 Å². The molecule has 3 aromatic rings. The highest BCUT2D eigenvalue weighted by molar-refractivity contribution is 9.10. The number of likely N-dealkylation sites (tertiary alicyclic amines) is 1. The number of carbonyl (C=O) groups excluding carboxylic acids is 2. The van der Waals surface area contributed by atoms with E-state index in [1.54, 1.807) is 41.3 Å². The number of benzene rings is 2. The third-order valence-electron chi connectivity index (χ3n) is 5.20. The zero-order chi connectivity index (χ0) is 21.6. The molecule has 5 nitrogen and oxygen atoms in total. The summed E-state index contributed by atoms with van der Waals surface area (Å²) >= 11 is 3.43. The molecule has 0 spiro atoms. The molecule has 2 heterocycles. The van der Waals surface area contributed by atoms with Crippen molar-refractivity contribution in [3.05, 3.63) is 88.2 Å². The molecule has 0 unspecified atom stereocenters. The molecule has 158 valence electrons. The zero-order valence-corrected chi connectivity index (χ0v) is 18.6. The monoisotopic (exact) mass is 478 g/mol. The number of hydrogen-bond donors (Lipinski definition) is 1.